The fourth-order valence-corrected chi connectivity index (χ4v) is 0.175. The van der Waals surface area contributed by atoms with Gasteiger partial charge in [0, 0.05) is 6.19 Å². The van der Waals surface area contributed by atoms with Gasteiger partial charge in [0.1, 0.15) is 6.61 Å². The highest BCUT2D eigenvalue weighted by molar-refractivity contribution is 5.55. The van der Waals surface area contributed by atoms with E-state index in [0.717, 1.165) is 0 Å². The Morgan fingerprint density at radius 1 is 1.86 bits per heavy atom. The van der Waals surface area contributed by atoms with Crippen LogP contribution >= 0.6 is 0 Å². The second kappa shape index (κ2) is 5.47. The number of hydrogen-bond donors (Lipinski definition) is 0. The van der Waals surface area contributed by atoms with Crippen LogP contribution in [-0.4, -0.2) is 12.8 Å². The van der Waals surface area contributed by atoms with Crippen LogP contribution in [0.15, 0.2) is 5.16 Å². The summed E-state index contributed by atoms with van der Waals surface area (Å²) in [6.07, 6.45) is 0.937. The van der Waals surface area contributed by atoms with E-state index in [2.05, 4.69) is 9.99 Å². The molecule has 0 aromatic heterocycles. The third-order valence-electron chi connectivity index (χ3n) is 0.416. The number of rotatable bonds is 3. The minimum absolute atomic E-state index is 0.298. The molecular formula is C5H11NO. The van der Waals surface area contributed by atoms with Crippen molar-refractivity contribution in [2.45, 2.75) is 20.3 Å². The fourth-order valence-electron chi connectivity index (χ4n) is 0.175. The van der Waals surface area contributed by atoms with Gasteiger partial charge < -0.3 is 4.84 Å². The molecule has 0 amide bonds. The van der Waals surface area contributed by atoms with E-state index in [1.165, 1.54) is 0 Å². The quantitative estimate of drug-likeness (QED) is 0.391. The fraction of sp³-hybridized carbons (Fsp3) is 0.800. The van der Waals surface area contributed by atoms with Crippen molar-refractivity contribution < 1.29 is 6.21 Å². The molecule has 0 bridgehead atoms. The Labute approximate surface area is 45.6 Å². The van der Waals surface area contributed by atoms with Gasteiger partial charge >= 0.3 is 0 Å². The molecule has 0 fully saturated rings. The van der Waals surface area contributed by atoms with Crippen LogP contribution in [0.25, 0.3) is 0 Å². The highest BCUT2D eigenvalue weighted by Crippen LogP contribution is 1.72. The first-order chi connectivity index (χ1) is 3.81. The average Bonchev–Trinajstić information content (AvgIpc) is 1.83. The predicted octanol–water partition coefficient (Wildman–Crippen LogP) is 1.42. The Kier molecular flexibility index (Phi) is 3.61. The normalized spacial score (nSPS) is 13.4. The summed E-state index contributed by atoms with van der Waals surface area (Å²) >= 11 is 0. The number of hydrogen-bond acceptors (Lipinski definition) is 2. The van der Waals surface area contributed by atoms with E-state index in [4.69, 9.17) is 1.37 Å². The maximum Gasteiger partial charge on any atom is 0.114 e. The summed E-state index contributed by atoms with van der Waals surface area (Å²) in [6.45, 7) is 4.25. The zero-order chi connectivity index (χ0) is 6.41. The van der Waals surface area contributed by atoms with E-state index in [0.29, 0.717) is 19.2 Å². The van der Waals surface area contributed by atoms with Crippen LogP contribution in [0.5, 0.6) is 0 Å². The molecule has 0 radical (unpaired) electrons. The Balaban J connectivity index is 3.26. The van der Waals surface area contributed by atoms with Crippen molar-refractivity contribution >= 4 is 6.19 Å². The Hall–Kier alpha value is -0.530. The summed E-state index contributed by atoms with van der Waals surface area (Å²) < 4.78 is 6.95. The largest absolute Gasteiger partial charge is 0.396 e. The molecule has 0 aromatic rings. The van der Waals surface area contributed by atoms with Crippen LogP contribution < -0.4 is 0 Å². The first-order valence-electron chi connectivity index (χ1n) is 2.96. The molecule has 0 aromatic carbocycles. The zero-order valence-electron chi connectivity index (χ0n) is 5.77. The SMILES string of the molecule is [3H]/C(CC)=N\OCC. The van der Waals surface area contributed by atoms with Gasteiger partial charge in [-0.25, -0.2) is 0 Å². The van der Waals surface area contributed by atoms with Crippen LogP contribution in [-0.2, 0) is 4.84 Å². The Morgan fingerprint density at radius 3 is 3.00 bits per heavy atom. The highest BCUT2D eigenvalue weighted by atomic mass is 16.6. The predicted molar refractivity (Wildman–Crippen MR) is 30.4 cm³/mol. The molecule has 2 nitrogen and oxygen atoms in total. The van der Waals surface area contributed by atoms with E-state index < -0.39 is 0 Å². The third-order valence-corrected chi connectivity index (χ3v) is 0.416. The summed E-state index contributed by atoms with van der Waals surface area (Å²) in [6, 6.07) is 0. The van der Waals surface area contributed by atoms with Crippen LogP contribution in [0.3, 0.4) is 0 Å². The van der Waals surface area contributed by atoms with Gasteiger partial charge in [0.2, 0.25) is 0 Å². The number of nitrogens with zero attached hydrogens (tertiary/aromatic N) is 1. The summed E-state index contributed by atoms with van der Waals surface area (Å²) in [5.41, 5.74) is 0. The molecular weight excluding hydrogens is 90.1 g/mol. The van der Waals surface area contributed by atoms with Crippen molar-refractivity contribution in [1.29, 1.82) is 0 Å². The Bertz CT molecular complexity index is 82.5. The van der Waals surface area contributed by atoms with Gasteiger partial charge in [-0.3, -0.25) is 0 Å². The topological polar surface area (TPSA) is 21.6 Å². The summed E-state index contributed by atoms with van der Waals surface area (Å²) in [5, 5.41) is 3.44. The third kappa shape index (κ3) is 5.47. The van der Waals surface area contributed by atoms with E-state index in [-0.39, 0.29) is 0 Å². The lowest BCUT2D eigenvalue weighted by molar-refractivity contribution is 0.160. The van der Waals surface area contributed by atoms with Gasteiger partial charge in [0.05, 0.1) is 1.37 Å². The molecule has 0 spiro atoms. The van der Waals surface area contributed by atoms with Crippen molar-refractivity contribution in [2.24, 2.45) is 5.16 Å². The van der Waals surface area contributed by atoms with Crippen molar-refractivity contribution in [3.8, 4) is 0 Å². The first kappa shape index (κ1) is 4.62. The number of oxime groups is 1. The van der Waals surface area contributed by atoms with E-state index >= 15 is 0 Å². The highest BCUT2D eigenvalue weighted by Gasteiger charge is 1.65. The molecule has 0 atom stereocenters. The van der Waals surface area contributed by atoms with Crippen molar-refractivity contribution in [3.63, 3.8) is 0 Å². The average molecular weight is 103 g/mol. The Morgan fingerprint density at radius 2 is 2.57 bits per heavy atom. The molecule has 0 saturated carbocycles. The maximum absolute atomic E-state index is 6.95. The van der Waals surface area contributed by atoms with Crippen LogP contribution in [0.2, 0.25) is 0 Å². The molecule has 0 N–H and O–H groups in total. The summed E-state index contributed by atoms with van der Waals surface area (Å²) in [7, 11) is 0. The second-order valence-electron chi connectivity index (χ2n) is 1.02. The van der Waals surface area contributed by atoms with E-state index in [9.17, 15) is 0 Å². The lowest BCUT2D eigenvalue weighted by Gasteiger charge is -1.86. The standard InChI is InChI=1S/C5H11NO/c1-3-5-6-7-4-2/h5H,3-4H2,1-2H3/b6-5+/i5T. The minimum atomic E-state index is 0.298. The van der Waals surface area contributed by atoms with Gasteiger partial charge in [0.15, 0.2) is 0 Å². The van der Waals surface area contributed by atoms with Gasteiger partial charge in [-0.2, -0.15) is 0 Å². The molecule has 0 unspecified atom stereocenters. The monoisotopic (exact) mass is 103 g/mol. The smallest absolute Gasteiger partial charge is 0.114 e. The molecule has 42 valence electrons. The van der Waals surface area contributed by atoms with E-state index in [1.54, 1.807) is 0 Å². The second-order valence-corrected chi connectivity index (χ2v) is 1.02. The lowest BCUT2D eigenvalue weighted by Crippen LogP contribution is -1.78. The van der Waals surface area contributed by atoms with Crippen LogP contribution in [0.1, 0.15) is 21.6 Å². The van der Waals surface area contributed by atoms with Crippen LogP contribution in [0.4, 0.5) is 0 Å². The molecule has 0 aliphatic heterocycles. The van der Waals surface area contributed by atoms with Crippen molar-refractivity contribution in [2.75, 3.05) is 6.61 Å². The van der Waals surface area contributed by atoms with Gasteiger partial charge in [-0.15, -0.1) is 0 Å². The summed E-state index contributed by atoms with van der Waals surface area (Å²) in [5.74, 6) is 0. The first-order valence-corrected chi connectivity index (χ1v) is 2.46. The molecule has 0 rings (SSSR count). The van der Waals surface area contributed by atoms with Crippen molar-refractivity contribution in [1.82, 2.24) is 0 Å². The zero-order valence-corrected chi connectivity index (χ0v) is 4.77. The molecule has 0 aliphatic carbocycles. The lowest BCUT2D eigenvalue weighted by atomic mass is 10.6. The van der Waals surface area contributed by atoms with Gasteiger partial charge in [-0.05, 0) is 13.3 Å². The van der Waals surface area contributed by atoms with Gasteiger partial charge in [0.25, 0.3) is 0 Å². The summed E-state index contributed by atoms with van der Waals surface area (Å²) in [4.78, 5) is 4.59. The molecule has 7 heavy (non-hydrogen) atoms. The van der Waals surface area contributed by atoms with Gasteiger partial charge in [-0.1, -0.05) is 12.1 Å². The molecule has 0 aliphatic rings. The molecule has 0 heterocycles. The molecule has 0 saturated heterocycles. The minimum Gasteiger partial charge on any atom is -0.396 e. The van der Waals surface area contributed by atoms with E-state index in [1.807, 2.05) is 13.8 Å². The van der Waals surface area contributed by atoms with Crippen LogP contribution in [0, 0.1) is 0 Å². The maximum atomic E-state index is 6.95. The molecule has 2 heteroatoms. The van der Waals surface area contributed by atoms with Crippen molar-refractivity contribution in [3.05, 3.63) is 0 Å².